The number of carbonyl (C=O) groups excluding carboxylic acids is 2. The number of ether oxygens (including phenoxy) is 2. The molecule has 1 aliphatic rings. The molecule has 0 N–H and O–H groups in total. The second kappa shape index (κ2) is 7.63. The number of nitriles is 1. The maximum Gasteiger partial charge on any atom is 0.344 e. The minimum absolute atomic E-state index is 0.236. The second-order valence-corrected chi connectivity index (χ2v) is 5.82. The van der Waals surface area contributed by atoms with Gasteiger partial charge in [-0.05, 0) is 48.6 Å². The van der Waals surface area contributed by atoms with Crippen LogP contribution in [0.5, 0.6) is 5.75 Å². The summed E-state index contributed by atoms with van der Waals surface area (Å²) < 4.78 is 10.3. The van der Waals surface area contributed by atoms with Crippen molar-refractivity contribution in [2.75, 3.05) is 13.2 Å². The third-order valence-electron chi connectivity index (χ3n) is 4.14. The van der Waals surface area contributed by atoms with Crippen molar-refractivity contribution >= 4 is 11.8 Å². The van der Waals surface area contributed by atoms with Crippen LogP contribution in [0.4, 0.5) is 0 Å². The summed E-state index contributed by atoms with van der Waals surface area (Å²) in [6, 6.07) is 14.2. The van der Waals surface area contributed by atoms with Crippen molar-refractivity contribution in [3.63, 3.8) is 0 Å². The molecule has 25 heavy (non-hydrogen) atoms. The van der Waals surface area contributed by atoms with Crippen LogP contribution in [0.1, 0.15) is 33.5 Å². The van der Waals surface area contributed by atoms with Crippen LogP contribution in [-0.2, 0) is 22.4 Å². The molecule has 0 fully saturated rings. The van der Waals surface area contributed by atoms with E-state index in [0.29, 0.717) is 16.9 Å². The first-order chi connectivity index (χ1) is 12.2. The Morgan fingerprint density at radius 1 is 1.04 bits per heavy atom. The lowest BCUT2D eigenvalue weighted by molar-refractivity contribution is -0.144. The molecule has 5 nitrogen and oxygen atoms in total. The number of carbonyl (C=O) groups is 2. The van der Waals surface area contributed by atoms with Gasteiger partial charge in [0.05, 0.1) is 5.56 Å². The number of fused-ring (bicyclic) bond motifs is 1. The zero-order valence-corrected chi connectivity index (χ0v) is 13.7. The van der Waals surface area contributed by atoms with E-state index in [1.54, 1.807) is 30.3 Å². The Hall–Kier alpha value is -3.13. The van der Waals surface area contributed by atoms with Gasteiger partial charge in [0, 0.05) is 5.56 Å². The molecule has 0 spiro atoms. The normalized spacial score (nSPS) is 12.1. The van der Waals surface area contributed by atoms with E-state index in [2.05, 4.69) is 0 Å². The van der Waals surface area contributed by atoms with E-state index in [9.17, 15) is 9.59 Å². The van der Waals surface area contributed by atoms with Gasteiger partial charge in [-0.1, -0.05) is 24.3 Å². The zero-order valence-electron chi connectivity index (χ0n) is 13.7. The molecule has 5 heteroatoms. The van der Waals surface area contributed by atoms with Gasteiger partial charge in [0.25, 0.3) is 0 Å². The van der Waals surface area contributed by atoms with Gasteiger partial charge < -0.3 is 9.47 Å². The Balaban J connectivity index is 1.50. The molecule has 3 rings (SSSR count). The molecular formula is C20H17NO4. The smallest absolute Gasteiger partial charge is 0.344 e. The molecule has 0 saturated heterocycles. The van der Waals surface area contributed by atoms with Gasteiger partial charge in [-0.2, -0.15) is 5.26 Å². The Labute approximate surface area is 145 Å². The van der Waals surface area contributed by atoms with Crippen molar-refractivity contribution in [3.8, 4) is 11.8 Å². The van der Waals surface area contributed by atoms with Crippen LogP contribution in [0.2, 0.25) is 0 Å². The Kier molecular flexibility index (Phi) is 5.10. The quantitative estimate of drug-likeness (QED) is 0.599. The molecule has 0 atom stereocenters. The topological polar surface area (TPSA) is 76.4 Å². The molecule has 0 bridgehead atoms. The number of hydrogen-bond donors (Lipinski definition) is 0. The van der Waals surface area contributed by atoms with E-state index in [1.165, 1.54) is 11.1 Å². The Bertz CT molecular complexity index is 851. The van der Waals surface area contributed by atoms with Crippen molar-refractivity contribution < 1.29 is 19.1 Å². The van der Waals surface area contributed by atoms with Crippen molar-refractivity contribution in [1.29, 1.82) is 5.26 Å². The lowest BCUT2D eigenvalue weighted by Crippen LogP contribution is -2.19. The summed E-state index contributed by atoms with van der Waals surface area (Å²) in [6.45, 7) is -0.670. The van der Waals surface area contributed by atoms with Gasteiger partial charge in [0.2, 0.25) is 0 Å². The van der Waals surface area contributed by atoms with E-state index in [0.717, 1.165) is 19.3 Å². The van der Waals surface area contributed by atoms with Crippen LogP contribution in [0, 0.1) is 11.3 Å². The molecule has 2 aromatic carbocycles. The van der Waals surface area contributed by atoms with Crippen LogP contribution in [0.3, 0.4) is 0 Å². The second-order valence-electron chi connectivity index (χ2n) is 5.82. The van der Waals surface area contributed by atoms with Crippen molar-refractivity contribution in [2.45, 2.75) is 19.3 Å². The van der Waals surface area contributed by atoms with Crippen LogP contribution in [0.15, 0.2) is 42.5 Å². The fourth-order valence-corrected chi connectivity index (χ4v) is 2.84. The van der Waals surface area contributed by atoms with E-state index in [1.807, 2.05) is 18.2 Å². The van der Waals surface area contributed by atoms with Crippen LogP contribution >= 0.6 is 0 Å². The number of para-hydroxylation sites is 1. The molecule has 126 valence electrons. The number of hydrogen-bond acceptors (Lipinski definition) is 5. The lowest BCUT2D eigenvalue weighted by Gasteiger charge is -2.08. The van der Waals surface area contributed by atoms with Gasteiger partial charge >= 0.3 is 5.97 Å². The standard InChI is InChI=1S/C20H17NO4/c21-11-17-4-1-2-7-19(17)24-13-20(23)25-12-18(22)16-9-8-14-5-3-6-15(14)10-16/h1-2,4,7-10H,3,5-6,12-13H2. The predicted molar refractivity (Wildman–Crippen MR) is 90.4 cm³/mol. The van der Waals surface area contributed by atoms with Gasteiger partial charge in [0.15, 0.2) is 19.0 Å². The van der Waals surface area contributed by atoms with Gasteiger partial charge in [0.1, 0.15) is 11.8 Å². The third-order valence-corrected chi connectivity index (χ3v) is 4.14. The average molecular weight is 335 g/mol. The molecule has 0 amide bonds. The molecule has 1 aliphatic carbocycles. The molecule has 0 unspecified atom stereocenters. The minimum atomic E-state index is -0.651. The summed E-state index contributed by atoms with van der Waals surface area (Å²) in [6.07, 6.45) is 3.16. The molecule has 0 aromatic heterocycles. The first-order valence-corrected chi connectivity index (χ1v) is 8.10. The average Bonchev–Trinajstić information content (AvgIpc) is 3.12. The molecule has 0 saturated carbocycles. The Morgan fingerprint density at radius 2 is 1.84 bits per heavy atom. The molecular weight excluding hydrogens is 318 g/mol. The number of benzene rings is 2. The largest absolute Gasteiger partial charge is 0.481 e. The summed E-state index contributed by atoms with van der Waals surface area (Å²) in [4.78, 5) is 23.9. The highest BCUT2D eigenvalue weighted by Crippen LogP contribution is 2.23. The maximum absolute atomic E-state index is 12.2. The maximum atomic E-state index is 12.2. The molecule has 2 aromatic rings. The summed E-state index contributed by atoms with van der Waals surface area (Å²) in [5.74, 6) is -0.574. The highest BCUT2D eigenvalue weighted by atomic mass is 16.6. The zero-order chi connectivity index (χ0) is 17.6. The fourth-order valence-electron chi connectivity index (χ4n) is 2.84. The third kappa shape index (κ3) is 4.04. The highest BCUT2D eigenvalue weighted by molar-refractivity contribution is 5.98. The number of nitrogens with zero attached hydrogens (tertiary/aromatic N) is 1. The molecule has 0 aliphatic heterocycles. The van der Waals surface area contributed by atoms with E-state index >= 15 is 0 Å². The number of aryl methyl sites for hydroxylation is 2. The predicted octanol–water partition coefficient (Wildman–Crippen LogP) is 2.85. The minimum Gasteiger partial charge on any atom is -0.481 e. The van der Waals surface area contributed by atoms with Crippen molar-refractivity contribution in [1.82, 2.24) is 0 Å². The number of esters is 1. The number of Topliss-reactive ketones (excluding diaryl/α,β-unsaturated/α-hetero) is 1. The number of rotatable bonds is 6. The van der Waals surface area contributed by atoms with Gasteiger partial charge in [-0.15, -0.1) is 0 Å². The Morgan fingerprint density at radius 3 is 2.68 bits per heavy atom. The first kappa shape index (κ1) is 16.7. The van der Waals surface area contributed by atoms with Crippen LogP contribution in [0.25, 0.3) is 0 Å². The summed E-state index contributed by atoms with van der Waals surface area (Å²) in [5, 5.41) is 8.96. The SMILES string of the molecule is N#Cc1ccccc1OCC(=O)OCC(=O)c1ccc2c(c1)CCC2. The summed E-state index contributed by atoms with van der Waals surface area (Å²) in [7, 11) is 0. The fraction of sp³-hybridized carbons (Fsp3) is 0.250. The van der Waals surface area contributed by atoms with Crippen LogP contribution in [-0.4, -0.2) is 25.0 Å². The molecule has 0 radical (unpaired) electrons. The van der Waals surface area contributed by atoms with Gasteiger partial charge in [-0.3, -0.25) is 4.79 Å². The van der Waals surface area contributed by atoms with Gasteiger partial charge in [-0.25, -0.2) is 4.79 Å². The van der Waals surface area contributed by atoms with Crippen molar-refractivity contribution in [2.24, 2.45) is 0 Å². The lowest BCUT2D eigenvalue weighted by atomic mass is 10.0. The van der Waals surface area contributed by atoms with E-state index in [-0.39, 0.29) is 19.0 Å². The summed E-state index contributed by atoms with van der Waals surface area (Å²) in [5.41, 5.74) is 3.39. The monoisotopic (exact) mass is 335 g/mol. The summed E-state index contributed by atoms with van der Waals surface area (Å²) >= 11 is 0. The van der Waals surface area contributed by atoms with Crippen LogP contribution < -0.4 is 4.74 Å². The van der Waals surface area contributed by atoms with E-state index in [4.69, 9.17) is 14.7 Å². The number of ketones is 1. The van der Waals surface area contributed by atoms with E-state index < -0.39 is 5.97 Å². The highest BCUT2D eigenvalue weighted by Gasteiger charge is 2.15. The van der Waals surface area contributed by atoms with Crippen molar-refractivity contribution in [3.05, 3.63) is 64.7 Å². The molecule has 0 heterocycles. The first-order valence-electron chi connectivity index (χ1n) is 8.10.